The molecule has 0 radical (unpaired) electrons. The van der Waals surface area contributed by atoms with Crippen molar-refractivity contribution in [3.63, 3.8) is 0 Å². The summed E-state index contributed by atoms with van der Waals surface area (Å²) in [5.41, 5.74) is 0.418. The molecule has 2 rings (SSSR count). The number of carbonyl (C=O) groups excluding carboxylic acids is 3. The lowest BCUT2D eigenvalue weighted by atomic mass is 10.1. The highest BCUT2D eigenvalue weighted by molar-refractivity contribution is 5.98. The number of carbonyl (C=O) groups is 3. The van der Waals surface area contributed by atoms with Crippen molar-refractivity contribution in [1.29, 1.82) is 0 Å². The van der Waals surface area contributed by atoms with Crippen LogP contribution in [0, 0.1) is 16.0 Å². The summed E-state index contributed by atoms with van der Waals surface area (Å²) in [6.07, 6.45) is 0. The monoisotopic (exact) mass is 400 g/mol. The number of nitro groups is 1. The van der Waals surface area contributed by atoms with Gasteiger partial charge in [-0.15, -0.1) is 0 Å². The highest BCUT2D eigenvalue weighted by Gasteiger charge is 2.20. The van der Waals surface area contributed by atoms with Crippen molar-refractivity contribution in [1.82, 2.24) is 0 Å². The molecular weight excluding hydrogens is 380 g/mol. The first-order chi connectivity index (χ1) is 13.7. The number of Topliss-reactive ketones (excluding diaryl/α,β-unsaturated/α-hetero) is 1. The maximum absolute atomic E-state index is 12.3. The van der Waals surface area contributed by atoms with Crippen LogP contribution < -0.4 is 10.1 Å². The summed E-state index contributed by atoms with van der Waals surface area (Å²) in [7, 11) is 1.16. The Morgan fingerprint density at radius 3 is 2.24 bits per heavy atom. The van der Waals surface area contributed by atoms with E-state index in [1.165, 1.54) is 24.3 Å². The van der Waals surface area contributed by atoms with Crippen LogP contribution in [0.2, 0.25) is 0 Å². The predicted octanol–water partition coefficient (Wildman–Crippen LogP) is 3.24. The van der Waals surface area contributed by atoms with Gasteiger partial charge in [0.15, 0.2) is 18.1 Å². The number of rotatable bonds is 8. The number of nitro benzene ring substituents is 1. The Kier molecular flexibility index (Phi) is 7.02. The van der Waals surface area contributed by atoms with Gasteiger partial charge in [0.1, 0.15) is 0 Å². The Morgan fingerprint density at radius 2 is 1.69 bits per heavy atom. The van der Waals surface area contributed by atoms with Gasteiger partial charge in [-0.25, -0.2) is 4.79 Å². The molecule has 1 amide bonds. The minimum atomic E-state index is -0.722. The van der Waals surface area contributed by atoms with Crippen LogP contribution in [0.1, 0.15) is 34.6 Å². The first-order valence-electron chi connectivity index (χ1n) is 8.66. The Hall–Kier alpha value is -3.75. The molecule has 0 aliphatic rings. The summed E-state index contributed by atoms with van der Waals surface area (Å²) in [6.45, 7) is 3.10. The molecule has 0 saturated heterocycles. The van der Waals surface area contributed by atoms with Crippen molar-refractivity contribution >= 4 is 29.0 Å². The average molecular weight is 400 g/mol. The zero-order valence-corrected chi connectivity index (χ0v) is 16.1. The molecule has 0 heterocycles. The van der Waals surface area contributed by atoms with Gasteiger partial charge in [-0.2, -0.15) is 0 Å². The van der Waals surface area contributed by atoms with Gasteiger partial charge in [-0.3, -0.25) is 19.7 Å². The number of nitrogens with zero attached hydrogens (tertiary/aromatic N) is 1. The summed E-state index contributed by atoms with van der Waals surface area (Å²) in [6, 6.07) is 9.79. The van der Waals surface area contributed by atoms with Gasteiger partial charge in [0, 0.05) is 23.2 Å². The number of amides is 1. The van der Waals surface area contributed by atoms with Gasteiger partial charge in [0.05, 0.1) is 17.6 Å². The number of nitrogens with one attached hydrogen (secondary N) is 1. The molecular formula is C20H20N2O7. The maximum atomic E-state index is 12.3. The number of ether oxygens (including phenoxy) is 2. The van der Waals surface area contributed by atoms with E-state index in [0.29, 0.717) is 11.3 Å². The third-order valence-electron chi connectivity index (χ3n) is 3.93. The van der Waals surface area contributed by atoms with Crippen LogP contribution in [-0.4, -0.2) is 36.3 Å². The standard InChI is InChI=1S/C20H20N2O7/c1-12(2)19(24)21-15-7-4-13(5-8-15)17(23)11-29-18-9-6-14(20(25)28-3)10-16(18)22(26)27/h4-10,12H,11H2,1-3H3,(H,21,24). The number of benzene rings is 2. The summed E-state index contributed by atoms with van der Waals surface area (Å²) in [5, 5.41) is 13.9. The van der Waals surface area contributed by atoms with Crippen molar-refractivity contribution < 1.29 is 28.8 Å². The minimum Gasteiger partial charge on any atom is -0.478 e. The molecule has 152 valence electrons. The van der Waals surface area contributed by atoms with E-state index < -0.39 is 29.0 Å². The number of anilines is 1. The fraction of sp³-hybridized carbons (Fsp3) is 0.250. The molecule has 2 aromatic carbocycles. The third kappa shape index (κ3) is 5.61. The van der Waals surface area contributed by atoms with Crippen LogP contribution in [0.4, 0.5) is 11.4 Å². The Balaban J connectivity index is 2.07. The van der Waals surface area contributed by atoms with Gasteiger partial charge in [0.25, 0.3) is 0 Å². The molecule has 0 aromatic heterocycles. The van der Waals surface area contributed by atoms with Gasteiger partial charge < -0.3 is 14.8 Å². The van der Waals surface area contributed by atoms with Gasteiger partial charge in [-0.1, -0.05) is 13.8 Å². The number of esters is 1. The fourth-order valence-corrected chi connectivity index (χ4v) is 2.28. The van der Waals surface area contributed by atoms with Crippen molar-refractivity contribution in [3.8, 4) is 5.75 Å². The van der Waals surface area contributed by atoms with E-state index in [4.69, 9.17) is 4.74 Å². The molecule has 0 aliphatic heterocycles. The zero-order chi connectivity index (χ0) is 21.6. The van der Waals surface area contributed by atoms with Crippen molar-refractivity contribution in [2.75, 3.05) is 19.0 Å². The average Bonchev–Trinajstić information content (AvgIpc) is 2.71. The molecule has 0 spiro atoms. The highest BCUT2D eigenvalue weighted by atomic mass is 16.6. The number of methoxy groups -OCH3 is 1. The first-order valence-corrected chi connectivity index (χ1v) is 8.66. The Morgan fingerprint density at radius 1 is 1.07 bits per heavy atom. The Bertz CT molecular complexity index is 936. The van der Waals surface area contributed by atoms with E-state index in [-0.39, 0.29) is 23.1 Å². The summed E-state index contributed by atoms with van der Waals surface area (Å²) >= 11 is 0. The van der Waals surface area contributed by atoms with Crippen LogP contribution in [0.15, 0.2) is 42.5 Å². The molecule has 0 atom stereocenters. The number of hydrogen-bond donors (Lipinski definition) is 1. The normalized spacial score (nSPS) is 10.3. The third-order valence-corrected chi connectivity index (χ3v) is 3.93. The molecule has 1 N–H and O–H groups in total. The molecule has 0 unspecified atom stereocenters. The summed E-state index contributed by atoms with van der Waals surface area (Å²) in [4.78, 5) is 46.0. The summed E-state index contributed by atoms with van der Waals surface area (Å²) in [5.74, 6) is -1.59. The van der Waals surface area contributed by atoms with Gasteiger partial charge in [-0.05, 0) is 36.4 Å². The van der Waals surface area contributed by atoms with Crippen molar-refractivity contribution in [2.45, 2.75) is 13.8 Å². The number of ketones is 1. The molecule has 2 aromatic rings. The van der Waals surface area contributed by atoms with E-state index in [0.717, 1.165) is 13.2 Å². The topological polar surface area (TPSA) is 125 Å². The van der Waals surface area contributed by atoms with E-state index in [1.807, 2.05) is 0 Å². The molecule has 9 nitrogen and oxygen atoms in total. The van der Waals surface area contributed by atoms with Crippen LogP contribution in [0.25, 0.3) is 0 Å². The van der Waals surface area contributed by atoms with Crippen LogP contribution >= 0.6 is 0 Å². The van der Waals surface area contributed by atoms with E-state index >= 15 is 0 Å². The molecule has 0 bridgehead atoms. The summed E-state index contributed by atoms with van der Waals surface area (Å²) < 4.78 is 9.83. The molecule has 0 saturated carbocycles. The Labute approximate surface area is 166 Å². The predicted molar refractivity (Wildman–Crippen MR) is 104 cm³/mol. The molecule has 29 heavy (non-hydrogen) atoms. The van der Waals surface area contributed by atoms with E-state index in [1.54, 1.807) is 26.0 Å². The smallest absolute Gasteiger partial charge is 0.338 e. The van der Waals surface area contributed by atoms with Crippen molar-refractivity contribution in [2.24, 2.45) is 5.92 Å². The number of hydrogen-bond acceptors (Lipinski definition) is 7. The minimum absolute atomic E-state index is 0.00286. The molecule has 0 fully saturated rings. The lowest BCUT2D eigenvalue weighted by Crippen LogP contribution is -2.18. The van der Waals surface area contributed by atoms with E-state index in [2.05, 4.69) is 10.1 Å². The van der Waals surface area contributed by atoms with Gasteiger partial charge in [0.2, 0.25) is 5.91 Å². The van der Waals surface area contributed by atoms with Gasteiger partial charge >= 0.3 is 11.7 Å². The second kappa shape index (κ2) is 9.45. The van der Waals surface area contributed by atoms with E-state index in [9.17, 15) is 24.5 Å². The quantitative estimate of drug-likeness (QED) is 0.312. The van der Waals surface area contributed by atoms with Crippen LogP contribution in [-0.2, 0) is 9.53 Å². The lowest BCUT2D eigenvalue weighted by molar-refractivity contribution is -0.385. The first kappa shape index (κ1) is 21.5. The fourth-order valence-electron chi connectivity index (χ4n) is 2.28. The van der Waals surface area contributed by atoms with Crippen molar-refractivity contribution in [3.05, 3.63) is 63.7 Å². The molecule has 0 aliphatic carbocycles. The van der Waals surface area contributed by atoms with Crippen LogP contribution in [0.5, 0.6) is 5.75 Å². The second-order valence-corrected chi connectivity index (χ2v) is 6.36. The SMILES string of the molecule is COC(=O)c1ccc(OCC(=O)c2ccc(NC(=O)C(C)C)cc2)c([N+](=O)[O-])c1. The largest absolute Gasteiger partial charge is 0.478 e. The van der Waals surface area contributed by atoms with Crippen LogP contribution in [0.3, 0.4) is 0 Å². The second-order valence-electron chi connectivity index (χ2n) is 6.36. The lowest BCUT2D eigenvalue weighted by Gasteiger charge is -2.09. The highest BCUT2D eigenvalue weighted by Crippen LogP contribution is 2.28. The molecule has 9 heteroatoms. The maximum Gasteiger partial charge on any atom is 0.338 e. The zero-order valence-electron chi connectivity index (χ0n) is 16.1.